The summed E-state index contributed by atoms with van der Waals surface area (Å²) in [5, 5.41) is 13.5. The van der Waals surface area contributed by atoms with E-state index < -0.39 is 0 Å². The molecule has 1 atom stereocenters. The van der Waals surface area contributed by atoms with Crippen LogP contribution in [0.25, 0.3) is 0 Å². The average Bonchev–Trinajstić information content (AvgIpc) is 2.27. The summed E-state index contributed by atoms with van der Waals surface area (Å²) in [5.41, 5.74) is 0.827. The van der Waals surface area contributed by atoms with Gasteiger partial charge in [-0.25, -0.2) is 0 Å². The van der Waals surface area contributed by atoms with Gasteiger partial charge < -0.3 is 10.6 Å². The van der Waals surface area contributed by atoms with Crippen LogP contribution in [0, 0.1) is 0 Å². The maximum absolute atomic E-state index is 11.4. The minimum atomic E-state index is -0.216. The van der Waals surface area contributed by atoms with E-state index >= 15 is 0 Å². The quantitative estimate of drug-likeness (QED) is 0.719. The summed E-state index contributed by atoms with van der Waals surface area (Å²) in [4.78, 5) is 11.4. The predicted molar refractivity (Wildman–Crippen MR) is 57.0 cm³/mol. The minimum Gasteiger partial charge on any atom is -0.355 e. The molecule has 0 saturated heterocycles. The van der Waals surface area contributed by atoms with Crippen LogP contribution in [0.1, 0.15) is 19.5 Å². The molecule has 0 bridgehead atoms. The molecular weight excluding hydrogens is 192 g/mol. The first-order valence-electron chi connectivity index (χ1n) is 5.01. The van der Waals surface area contributed by atoms with Gasteiger partial charge in [0.2, 0.25) is 5.91 Å². The Balaban J connectivity index is 2.34. The van der Waals surface area contributed by atoms with E-state index in [0.29, 0.717) is 13.1 Å². The number of hydrogen-bond donors (Lipinski definition) is 2. The Hall–Kier alpha value is -1.49. The van der Waals surface area contributed by atoms with Crippen LogP contribution >= 0.6 is 0 Å². The van der Waals surface area contributed by atoms with E-state index in [1.54, 1.807) is 6.20 Å². The van der Waals surface area contributed by atoms with Crippen molar-refractivity contribution in [3.05, 3.63) is 24.0 Å². The first-order chi connectivity index (χ1) is 7.24. The van der Waals surface area contributed by atoms with Crippen LogP contribution in [0.3, 0.4) is 0 Å². The zero-order valence-corrected chi connectivity index (χ0v) is 9.03. The van der Waals surface area contributed by atoms with E-state index in [0.717, 1.165) is 5.69 Å². The van der Waals surface area contributed by atoms with E-state index in [1.165, 1.54) is 0 Å². The summed E-state index contributed by atoms with van der Waals surface area (Å²) in [5.74, 6) is 0.00129. The highest BCUT2D eigenvalue weighted by Crippen LogP contribution is 1.91. The fourth-order valence-corrected chi connectivity index (χ4v) is 1.11. The van der Waals surface area contributed by atoms with E-state index in [4.69, 9.17) is 0 Å². The minimum absolute atomic E-state index is 0.00129. The molecule has 0 saturated carbocycles. The van der Waals surface area contributed by atoms with Gasteiger partial charge in [-0.2, -0.15) is 10.2 Å². The molecule has 1 unspecified atom stereocenters. The molecule has 1 aromatic rings. The van der Waals surface area contributed by atoms with Crippen molar-refractivity contribution in [1.29, 1.82) is 0 Å². The van der Waals surface area contributed by atoms with Gasteiger partial charge in [0.15, 0.2) is 0 Å². The number of hydrogen-bond acceptors (Lipinski definition) is 4. The topological polar surface area (TPSA) is 66.9 Å². The van der Waals surface area contributed by atoms with Crippen LogP contribution in [-0.4, -0.2) is 28.7 Å². The monoisotopic (exact) mass is 208 g/mol. The summed E-state index contributed by atoms with van der Waals surface area (Å²) < 4.78 is 0. The van der Waals surface area contributed by atoms with Crippen LogP contribution in [0.2, 0.25) is 0 Å². The number of likely N-dealkylation sites (N-methyl/N-ethyl adjacent to an activating group) is 1. The van der Waals surface area contributed by atoms with Crippen molar-refractivity contribution in [1.82, 2.24) is 20.8 Å². The molecule has 0 aromatic carbocycles. The molecule has 2 N–H and O–H groups in total. The number of aromatic nitrogens is 2. The summed E-state index contributed by atoms with van der Waals surface area (Å²) in [6.07, 6.45) is 1.62. The molecule has 5 nitrogen and oxygen atoms in total. The van der Waals surface area contributed by atoms with Crippen molar-refractivity contribution in [3.8, 4) is 0 Å². The van der Waals surface area contributed by atoms with Gasteiger partial charge in [0, 0.05) is 19.3 Å². The number of carbonyl (C=O) groups excluding carboxylic acids is 1. The Morgan fingerprint density at radius 3 is 3.00 bits per heavy atom. The summed E-state index contributed by atoms with van der Waals surface area (Å²) in [6, 6.07) is 3.47. The Kier molecular flexibility index (Phi) is 4.70. The van der Waals surface area contributed by atoms with Crippen LogP contribution in [-0.2, 0) is 11.3 Å². The second-order valence-electron chi connectivity index (χ2n) is 3.21. The molecule has 1 aromatic heterocycles. The number of amides is 1. The lowest BCUT2D eigenvalue weighted by atomic mass is 10.3. The molecular formula is C10H16N4O. The van der Waals surface area contributed by atoms with Crippen molar-refractivity contribution in [2.24, 2.45) is 0 Å². The Bertz CT molecular complexity index is 302. The maximum Gasteiger partial charge on any atom is 0.236 e. The van der Waals surface area contributed by atoms with E-state index in [1.807, 2.05) is 26.0 Å². The van der Waals surface area contributed by atoms with Crippen LogP contribution in [0.5, 0.6) is 0 Å². The molecule has 82 valence electrons. The molecule has 1 rings (SSSR count). The molecule has 0 aliphatic rings. The summed E-state index contributed by atoms with van der Waals surface area (Å²) in [7, 11) is 0. The molecule has 0 fully saturated rings. The Morgan fingerprint density at radius 1 is 1.60 bits per heavy atom. The van der Waals surface area contributed by atoms with Crippen molar-refractivity contribution in [3.63, 3.8) is 0 Å². The SMILES string of the molecule is CCNC(=O)C(C)NCc1cccnn1. The molecule has 0 aliphatic heterocycles. The molecule has 15 heavy (non-hydrogen) atoms. The Labute approximate surface area is 89.3 Å². The highest BCUT2D eigenvalue weighted by Gasteiger charge is 2.10. The van der Waals surface area contributed by atoms with E-state index in [2.05, 4.69) is 20.8 Å². The number of rotatable bonds is 5. The van der Waals surface area contributed by atoms with Gasteiger partial charge in [0.05, 0.1) is 11.7 Å². The van der Waals surface area contributed by atoms with Gasteiger partial charge in [0.25, 0.3) is 0 Å². The molecule has 5 heteroatoms. The molecule has 1 amide bonds. The fraction of sp³-hybridized carbons (Fsp3) is 0.500. The first kappa shape index (κ1) is 11.6. The third-order valence-corrected chi connectivity index (χ3v) is 1.96. The van der Waals surface area contributed by atoms with E-state index in [-0.39, 0.29) is 11.9 Å². The highest BCUT2D eigenvalue weighted by molar-refractivity contribution is 5.81. The normalized spacial score (nSPS) is 12.1. The molecule has 0 radical (unpaired) electrons. The smallest absolute Gasteiger partial charge is 0.236 e. The van der Waals surface area contributed by atoms with Crippen LogP contribution in [0.4, 0.5) is 0 Å². The summed E-state index contributed by atoms with van der Waals surface area (Å²) >= 11 is 0. The van der Waals surface area contributed by atoms with Crippen molar-refractivity contribution < 1.29 is 4.79 Å². The second kappa shape index (κ2) is 6.08. The second-order valence-corrected chi connectivity index (χ2v) is 3.21. The maximum atomic E-state index is 11.4. The lowest BCUT2D eigenvalue weighted by Gasteiger charge is -2.12. The average molecular weight is 208 g/mol. The first-order valence-corrected chi connectivity index (χ1v) is 5.01. The zero-order chi connectivity index (χ0) is 11.1. The van der Waals surface area contributed by atoms with Gasteiger partial charge in [-0.15, -0.1) is 0 Å². The van der Waals surface area contributed by atoms with Gasteiger partial charge in [-0.3, -0.25) is 4.79 Å². The third-order valence-electron chi connectivity index (χ3n) is 1.96. The number of carbonyl (C=O) groups is 1. The largest absolute Gasteiger partial charge is 0.355 e. The summed E-state index contributed by atoms with van der Waals surface area (Å²) in [6.45, 7) is 4.91. The van der Waals surface area contributed by atoms with Crippen molar-refractivity contribution in [2.75, 3.05) is 6.54 Å². The predicted octanol–water partition coefficient (Wildman–Crippen LogP) is 0.0908. The standard InChI is InChI=1S/C10H16N4O/c1-3-11-10(15)8(2)12-7-9-5-4-6-13-14-9/h4-6,8,12H,3,7H2,1-2H3,(H,11,15). The van der Waals surface area contributed by atoms with Crippen molar-refractivity contribution >= 4 is 5.91 Å². The fourth-order valence-electron chi connectivity index (χ4n) is 1.11. The van der Waals surface area contributed by atoms with Gasteiger partial charge in [-0.05, 0) is 26.0 Å². The number of nitrogens with zero attached hydrogens (tertiary/aromatic N) is 2. The van der Waals surface area contributed by atoms with Gasteiger partial charge in [0.1, 0.15) is 0 Å². The highest BCUT2D eigenvalue weighted by atomic mass is 16.2. The lowest BCUT2D eigenvalue weighted by Crippen LogP contribution is -2.41. The third kappa shape index (κ3) is 4.03. The van der Waals surface area contributed by atoms with Crippen molar-refractivity contribution in [2.45, 2.75) is 26.4 Å². The number of nitrogens with one attached hydrogen (secondary N) is 2. The van der Waals surface area contributed by atoms with Gasteiger partial charge in [-0.1, -0.05) is 0 Å². The van der Waals surface area contributed by atoms with Gasteiger partial charge >= 0.3 is 0 Å². The molecule has 0 spiro atoms. The zero-order valence-electron chi connectivity index (χ0n) is 9.03. The van der Waals surface area contributed by atoms with Crippen LogP contribution < -0.4 is 10.6 Å². The molecule has 1 heterocycles. The van der Waals surface area contributed by atoms with Crippen LogP contribution in [0.15, 0.2) is 18.3 Å². The van der Waals surface area contributed by atoms with E-state index in [9.17, 15) is 4.79 Å². The Morgan fingerprint density at radius 2 is 2.40 bits per heavy atom. The molecule has 0 aliphatic carbocycles. The lowest BCUT2D eigenvalue weighted by molar-refractivity contribution is -0.122.